The van der Waals surface area contributed by atoms with Crippen LogP contribution in [0.3, 0.4) is 0 Å². The van der Waals surface area contributed by atoms with Crippen LogP contribution in [0.5, 0.6) is 0 Å². The first-order valence-corrected chi connectivity index (χ1v) is 7.57. The number of hydrogen-bond acceptors (Lipinski definition) is 4. The standard InChI is InChI=1S/C15H20ClN5O/c1-10(2)14-19-13(15(22)18-9-8-17-3)20-21(14)12-7-5-4-6-11(12)16/h4-7,10,17H,8-9H2,1-3H3,(H,18,22). The Bertz CT molecular complexity index is 653. The Kier molecular flexibility index (Phi) is 5.51. The van der Waals surface area contributed by atoms with Crippen molar-refractivity contribution in [1.82, 2.24) is 25.4 Å². The number of likely N-dealkylation sites (N-methyl/N-ethyl adjacent to an activating group) is 1. The van der Waals surface area contributed by atoms with Gasteiger partial charge in [0.15, 0.2) is 0 Å². The van der Waals surface area contributed by atoms with Crippen molar-refractivity contribution in [2.75, 3.05) is 20.1 Å². The highest BCUT2D eigenvalue weighted by atomic mass is 35.5. The summed E-state index contributed by atoms with van der Waals surface area (Å²) in [7, 11) is 1.83. The monoisotopic (exact) mass is 321 g/mol. The molecule has 0 aliphatic heterocycles. The summed E-state index contributed by atoms with van der Waals surface area (Å²) in [5, 5.41) is 10.6. The van der Waals surface area contributed by atoms with E-state index < -0.39 is 0 Å². The summed E-state index contributed by atoms with van der Waals surface area (Å²) in [4.78, 5) is 16.5. The highest BCUT2D eigenvalue weighted by Crippen LogP contribution is 2.23. The Morgan fingerprint density at radius 1 is 1.32 bits per heavy atom. The number of amides is 1. The molecular weight excluding hydrogens is 302 g/mol. The second-order valence-corrected chi connectivity index (χ2v) is 5.58. The predicted molar refractivity (Wildman–Crippen MR) is 86.7 cm³/mol. The van der Waals surface area contributed by atoms with Gasteiger partial charge < -0.3 is 10.6 Å². The van der Waals surface area contributed by atoms with Crippen molar-refractivity contribution in [3.8, 4) is 5.69 Å². The molecule has 0 radical (unpaired) electrons. The number of nitrogens with one attached hydrogen (secondary N) is 2. The number of halogens is 1. The smallest absolute Gasteiger partial charge is 0.291 e. The lowest BCUT2D eigenvalue weighted by molar-refractivity contribution is 0.0944. The average molecular weight is 322 g/mol. The van der Waals surface area contributed by atoms with Gasteiger partial charge in [0.1, 0.15) is 5.82 Å². The van der Waals surface area contributed by atoms with E-state index in [1.54, 1.807) is 10.7 Å². The summed E-state index contributed by atoms with van der Waals surface area (Å²) in [6.45, 7) is 5.21. The van der Waals surface area contributed by atoms with E-state index in [0.29, 0.717) is 23.9 Å². The van der Waals surface area contributed by atoms with Crippen LogP contribution in [0.25, 0.3) is 5.69 Å². The zero-order valence-corrected chi connectivity index (χ0v) is 13.7. The summed E-state index contributed by atoms with van der Waals surface area (Å²) < 4.78 is 1.64. The third kappa shape index (κ3) is 3.64. The largest absolute Gasteiger partial charge is 0.348 e. The first-order chi connectivity index (χ1) is 10.5. The molecule has 1 aromatic heterocycles. The van der Waals surface area contributed by atoms with Crippen molar-refractivity contribution in [2.24, 2.45) is 0 Å². The van der Waals surface area contributed by atoms with E-state index in [9.17, 15) is 4.79 Å². The Morgan fingerprint density at radius 2 is 2.05 bits per heavy atom. The number of nitrogens with zero attached hydrogens (tertiary/aromatic N) is 3. The molecule has 7 heteroatoms. The molecule has 0 bridgehead atoms. The highest BCUT2D eigenvalue weighted by molar-refractivity contribution is 6.32. The van der Waals surface area contributed by atoms with Crippen LogP contribution in [0.15, 0.2) is 24.3 Å². The van der Waals surface area contributed by atoms with E-state index in [1.807, 2.05) is 39.1 Å². The van der Waals surface area contributed by atoms with E-state index in [4.69, 9.17) is 11.6 Å². The van der Waals surface area contributed by atoms with Crippen LogP contribution in [0.1, 0.15) is 36.2 Å². The van der Waals surface area contributed by atoms with Crippen LogP contribution in [0.4, 0.5) is 0 Å². The van der Waals surface area contributed by atoms with E-state index in [1.165, 1.54) is 0 Å². The molecule has 0 saturated carbocycles. The fourth-order valence-electron chi connectivity index (χ4n) is 1.97. The van der Waals surface area contributed by atoms with Crippen LogP contribution < -0.4 is 10.6 Å². The van der Waals surface area contributed by atoms with Gasteiger partial charge in [0, 0.05) is 19.0 Å². The van der Waals surface area contributed by atoms with Crippen molar-refractivity contribution >= 4 is 17.5 Å². The molecule has 2 aromatic rings. The fourth-order valence-corrected chi connectivity index (χ4v) is 2.19. The number of carbonyl (C=O) groups is 1. The van der Waals surface area contributed by atoms with Crippen molar-refractivity contribution in [3.05, 3.63) is 40.9 Å². The van der Waals surface area contributed by atoms with Gasteiger partial charge in [0.25, 0.3) is 5.91 Å². The van der Waals surface area contributed by atoms with Gasteiger partial charge >= 0.3 is 0 Å². The molecule has 0 aliphatic rings. The molecule has 118 valence electrons. The summed E-state index contributed by atoms with van der Waals surface area (Å²) in [6, 6.07) is 7.36. The number of carbonyl (C=O) groups excluding carboxylic acids is 1. The molecule has 0 saturated heterocycles. The molecule has 0 atom stereocenters. The zero-order chi connectivity index (χ0) is 16.1. The number of para-hydroxylation sites is 1. The molecule has 0 fully saturated rings. The maximum absolute atomic E-state index is 12.1. The molecule has 0 unspecified atom stereocenters. The average Bonchev–Trinajstić information content (AvgIpc) is 2.93. The van der Waals surface area contributed by atoms with E-state index in [0.717, 1.165) is 5.69 Å². The predicted octanol–water partition coefficient (Wildman–Crippen LogP) is 1.99. The second-order valence-electron chi connectivity index (χ2n) is 5.17. The Morgan fingerprint density at radius 3 is 2.68 bits per heavy atom. The van der Waals surface area contributed by atoms with Crippen LogP contribution in [0.2, 0.25) is 5.02 Å². The van der Waals surface area contributed by atoms with Crippen LogP contribution in [-0.2, 0) is 0 Å². The highest BCUT2D eigenvalue weighted by Gasteiger charge is 2.20. The van der Waals surface area contributed by atoms with Gasteiger partial charge in [-0.1, -0.05) is 37.6 Å². The summed E-state index contributed by atoms with van der Waals surface area (Å²) in [5.74, 6) is 0.678. The number of benzene rings is 1. The van der Waals surface area contributed by atoms with Crippen molar-refractivity contribution in [1.29, 1.82) is 0 Å². The molecule has 1 amide bonds. The molecule has 2 rings (SSSR count). The first kappa shape index (κ1) is 16.5. The Hall–Kier alpha value is -1.92. The maximum Gasteiger partial charge on any atom is 0.291 e. The van der Waals surface area contributed by atoms with Crippen molar-refractivity contribution in [2.45, 2.75) is 19.8 Å². The molecule has 0 aliphatic carbocycles. The minimum atomic E-state index is -0.289. The van der Waals surface area contributed by atoms with Crippen LogP contribution in [0, 0.1) is 0 Å². The SMILES string of the molecule is CNCCNC(=O)c1nc(C(C)C)n(-c2ccccc2Cl)n1. The van der Waals surface area contributed by atoms with E-state index >= 15 is 0 Å². The van der Waals surface area contributed by atoms with Gasteiger partial charge in [-0.2, -0.15) is 0 Å². The maximum atomic E-state index is 12.1. The number of rotatable bonds is 6. The minimum absolute atomic E-state index is 0.114. The van der Waals surface area contributed by atoms with Gasteiger partial charge in [-0.25, -0.2) is 9.67 Å². The second kappa shape index (κ2) is 7.38. The molecule has 6 nitrogen and oxygen atoms in total. The molecule has 1 aromatic carbocycles. The number of aromatic nitrogens is 3. The van der Waals surface area contributed by atoms with Crippen molar-refractivity contribution < 1.29 is 4.79 Å². The molecule has 22 heavy (non-hydrogen) atoms. The van der Waals surface area contributed by atoms with Gasteiger partial charge in [-0.3, -0.25) is 4.79 Å². The van der Waals surface area contributed by atoms with Gasteiger partial charge in [-0.15, -0.1) is 5.10 Å². The molecule has 2 N–H and O–H groups in total. The third-order valence-electron chi connectivity index (χ3n) is 3.09. The summed E-state index contributed by atoms with van der Waals surface area (Å²) in [5.41, 5.74) is 0.717. The number of hydrogen-bond donors (Lipinski definition) is 2. The first-order valence-electron chi connectivity index (χ1n) is 7.19. The fraction of sp³-hybridized carbons (Fsp3) is 0.400. The van der Waals surface area contributed by atoms with Gasteiger partial charge in [0.2, 0.25) is 5.82 Å². The topological polar surface area (TPSA) is 71.8 Å². The zero-order valence-electron chi connectivity index (χ0n) is 12.9. The lowest BCUT2D eigenvalue weighted by Gasteiger charge is -2.09. The van der Waals surface area contributed by atoms with Gasteiger partial charge in [0.05, 0.1) is 10.7 Å². The minimum Gasteiger partial charge on any atom is -0.348 e. The van der Waals surface area contributed by atoms with Crippen LogP contribution in [-0.4, -0.2) is 40.8 Å². The summed E-state index contributed by atoms with van der Waals surface area (Å²) in [6.07, 6.45) is 0. The third-order valence-corrected chi connectivity index (χ3v) is 3.41. The Balaban J connectivity index is 2.34. The van der Waals surface area contributed by atoms with E-state index in [2.05, 4.69) is 20.7 Å². The van der Waals surface area contributed by atoms with Gasteiger partial charge in [-0.05, 0) is 19.2 Å². The van der Waals surface area contributed by atoms with Crippen molar-refractivity contribution in [3.63, 3.8) is 0 Å². The lowest BCUT2D eigenvalue weighted by atomic mass is 10.2. The normalized spacial score (nSPS) is 11.0. The van der Waals surface area contributed by atoms with E-state index in [-0.39, 0.29) is 17.6 Å². The molecular formula is C15H20ClN5O. The lowest BCUT2D eigenvalue weighted by Crippen LogP contribution is -2.31. The van der Waals surface area contributed by atoms with Crippen LogP contribution >= 0.6 is 11.6 Å². The quantitative estimate of drug-likeness (QED) is 0.798. The molecule has 1 heterocycles. The molecule has 0 spiro atoms. The Labute approximate surface area is 134 Å². The summed E-state index contributed by atoms with van der Waals surface area (Å²) >= 11 is 6.23.